The van der Waals surface area contributed by atoms with E-state index in [1.54, 1.807) is 6.92 Å². The summed E-state index contributed by atoms with van der Waals surface area (Å²) in [5.74, 6) is -1.75. The Morgan fingerprint density at radius 2 is 1.61 bits per heavy atom. The lowest BCUT2D eigenvalue weighted by Gasteiger charge is -2.37. The van der Waals surface area contributed by atoms with E-state index in [-0.39, 0.29) is 39.1 Å². The van der Waals surface area contributed by atoms with E-state index in [1.165, 1.54) is 4.90 Å². The van der Waals surface area contributed by atoms with Crippen molar-refractivity contribution in [2.75, 3.05) is 26.3 Å². The Hall–Kier alpha value is -2.28. The summed E-state index contributed by atoms with van der Waals surface area (Å²) in [5, 5.41) is 0. The summed E-state index contributed by atoms with van der Waals surface area (Å²) in [5.41, 5.74) is -5.49. The monoisotopic (exact) mass is 466 g/mol. The van der Waals surface area contributed by atoms with Crippen LogP contribution in [0.4, 0.5) is 35.5 Å². The number of hydrogen-bond donors (Lipinski definition) is 0. The van der Waals surface area contributed by atoms with Gasteiger partial charge in [-0.1, -0.05) is 0 Å². The van der Waals surface area contributed by atoms with Gasteiger partial charge in [-0.3, -0.25) is 9.69 Å². The van der Waals surface area contributed by atoms with Gasteiger partial charge in [-0.05, 0) is 19.8 Å². The molecule has 31 heavy (non-hydrogen) atoms. The van der Waals surface area contributed by atoms with E-state index in [1.807, 2.05) is 0 Å². The second kappa shape index (κ2) is 9.07. The maximum atomic E-state index is 13.7. The molecule has 7 nitrogen and oxygen atoms in total. The fourth-order valence-corrected chi connectivity index (χ4v) is 3.53. The molecule has 2 saturated heterocycles. The largest absolute Gasteiger partial charge is 0.464 e. The van der Waals surface area contributed by atoms with Crippen LogP contribution in [0, 0.1) is 0 Å². The van der Waals surface area contributed by atoms with Gasteiger partial charge < -0.3 is 14.4 Å². The predicted octanol–water partition coefficient (Wildman–Crippen LogP) is 2.97. The highest BCUT2D eigenvalue weighted by atomic mass is 19.4. The molecule has 2 rings (SSSR count). The number of carbonyl (C=O) groups excluding carboxylic acids is 3. The highest BCUT2D eigenvalue weighted by Crippen LogP contribution is 2.49. The molecular weight excluding hydrogens is 445 g/mol. The minimum atomic E-state index is -6.21. The van der Waals surface area contributed by atoms with Crippen molar-refractivity contribution in [2.24, 2.45) is 0 Å². The first-order chi connectivity index (χ1) is 14.2. The highest BCUT2D eigenvalue weighted by Gasteiger charge is 2.72. The van der Waals surface area contributed by atoms with E-state index >= 15 is 0 Å². The first-order valence-corrected chi connectivity index (χ1v) is 9.44. The summed E-state index contributed by atoms with van der Waals surface area (Å²) in [7, 11) is 0. The summed E-state index contributed by atoms with van der Waals surface area (Å²) >= 11 is 0. The number of nitrogens with zero attached hydrogens (tertiary/aromatic N) is 2. The van der Waals surface area contributed by atoms with Crippen LogP contribution >= 0.6 is 0 Å². The van der Waals surface area contributed by atoms with Gasteiger partial charge in [0.25, 0.3) is 5.67 Å². The van der Waals surface area contributed by atoms with Crippen LogP contribution in [0.5, 0.6) is 0 Å². The molecule has 2 fully saturated rings. The average molecular weight is 466 g/mol. The smallest absolute Gasteiger partial charge is 0.431 e. The third-order valence-electron chi connectivity index (χ3n) is 5.26. The zero-order chi connectivity index (χ0) is 23.6. The quantitative estimate of drug-likeness (QED) is 0.445. The van der Waals surface area contributed by atoms with Gasteiger partial charge in [0, 0.05) is 32.0 Å². The SMILES string of the molecule is CCOC(=O)[C@@H]1COC(=O)N1C1CCN(C(=O)CCC(F)(C(F)(F)F)C(F)(F)F)CC1. The molecular formula is C17H21F7N2O5. The fraction of sp³-hybridized carbons (Fsp3) is 0.824. The van der Waals surface area contributed by atoms with Gasteiger partial charge in [0.15, 0.2) is 6.04 Å². The Labute approximate surface area is 172 Å². The number of piperidine rings is 1. The van der Waals surface area contributed by atoms with Crippen molar-refractivity contribution < 1.29 is 54.6 Å². The first-order valence-electron chi connectivity index (χ1n) is 9.44. The van der Waals surface area contributed by atoms with Crippen LogP contribution in [-0.4, -0.2) is 84.2 Å². The molecule has 1 atom stereocenters. The number of likely N-dealkylation sites (tertiary alicyclic amines) is 1. The Bertz CT molecular complexity index is 675. The lowest BCUT2D eigenvalue weighted by molar-refractivity contribution is -0.343. The predicted molar refractivity (Wildman–Crippen MR) is 88.4 cm³/mol. The number of amides is 2. The van der Waals surface area contributed by atoms with Crippen LogP contribution in [0.25, 0.3) is 0 Å². The van der Waals surface area contributed by atoms with Crippen molar-refractivity contribution in [3.8, 4) is 0 Å². The summed E-state index contributed by atoms with van der Waals surface area (Å²) in [6.45, 7) is 1.24. The van der Waals surface area contributed by atoms with Gasteiger partial charge in [0.1, 0.15) is 6.61 Å². The van der Waals surface area contributed by atoms with Crippen molar-refractivity contribution in [3.05, 3.63) is 0 Å². The molecule has 0 aromatic carbocycles. The van der Waals surface area contributed by atoms with Gasteiger partial charge in [0.05, 0.1) is 6.61 Å². The summed E-state index contributed by atoms with van der Waals surface area (Å²) in [6.07, 6.45) is -16.3. The minimum Gasteiger partial charge on any atom is -0.464 e. The van der Waals surface area contributed by atoms with Crippen LogP contribution in [-0.2, 0) is 19.1 Å². The van der Waals surface area contributed by atoms with Crippen molar-refractivity contribution >= 4 is 18.0 Å². The number of hydrogen-bond acceptors (Lipinski definition) is 5. The third kappa shape index (κ3) is 5.14. The van der Waals surface area contributed by atoms with Crippen molar-refractivity contribution in [2.45, 2.75) is 62.7 Å². The highest BCUT2D eigenvalue weighted by molar-refractivity contribution is 5.84. The number of ether oxygens (including phenoxy) is 2. The Balaban J connectivity index is 1.95. The maximum absolute atomic E-state index is 13.7. The summed E-state index contributed by atoms with van der Waals surface area (Å²) in [4.78, 5) is 38.2. The van der Waals surface area contributed by atoms with E-state index in [2.05, 4.69) is 0 Å². The van der Waals surface area contributed by atoms with Crippen LogP contribution < -0.4 is 0 Å². The van der Waals surface area contributed by atoms with Crippen molar-refractivity contribution in [3.63, 3.8) is 0 Å². The molecule has 14 heteroatoms. The molecule has 2 aliphatic heterocycles. The number of esters is 1. The van der Waals surface area contributed by atoms with Crippen molar-refractivity contribution in [1.29, 1.82) is 0 Å². The van der Waals surface area contributed by atoms with E-state index in [0.717, 1.165) is 4.90 Å². The fourth-order valence-electron chi connectivity index (χ4n) is 3.53. The average Bonchev–Trinajstić information content (AvgIpc) is 3.06. The van der Waals surface area contributed by atoms with E-state index in [9.17, 15) is 45.1 Å². The molecule has 0 bridgehead atoms. The van der Waals surface area contributed by atoms with Crippen LogP contribution in [0.2, 0.25) is 0 Å². The molecule has 2 amide bonds. The zero-order valence-electron chi connectivity index (χ0n) is 16.4. The van der Waals surface area contributed by atoms with Gasteiger partial charge in [0.2, 0.25) is 5.91 Å². The second-order valence-corrected chi connectivity index (χ2v) is 7.16. The minimum absolute atomic E-state index is 0.0796. The second-order valence-electron chi connectivity index (χ2n) is 7.16. The molecule has 0 spiro atoms. The molecule has 2 aliphatic rings. The normalized spacial score (nSPS) is 21.3. The van der Waals surface area contributed by atoms with Gasteiger partial charge in [-0.15, -0.1) is 0 Å². The third-order valence-corrected chi connectivity index (χ3v) is 5.26. The molecule has 0 unspecified atom stereocenters. The van der Waals surface area contributed by atoms with Crippen LogP contribution in [0.3, 0.4) is 0 Å². The lowest BCUT2D eigenvalue weighted by Crippen LogP contribution is -2.54. The Morgan fingerprint density at radius 1 is 1.06 bits per heavy atom. The van der Waals surface area contributed by atoms with Crippen molar-refractivity contribution in [1.82, 2.24) is 9.80 Å². The number of alkyl halides is 7. The lowest BCUT2D eigenvalue weighted by atomic mass is 9.96. The summed E-state index contributed by atoms with van der Waals surface area (Å²) in [6, 6.07) is -1.52. The van der Waals surface area contributed by atoms with Gasteiger partial charge >= 0.3 is 24.4 Å². The van der Waals surface area contributed by atoms with E-state index in [4.69, 9.17) is 9.47 Å². The molecule has 0 aliphatic carbocycles. The number of carbonyl (C=O) groups is 3. The van der Waals surface area contributed by atoms with Crippen LogP contribution in [0.1, 0.15) is 32.6 Å². The standard InChI is InChI=1S/C17H21F7N2O5/c1-2-30-13(28)11-9-31-14(29)26(11)10-4-7-25(8-5-10)12(27)3-6-15(18,16(19,20)21)17(22,23)24/h10-11H,2-9H2,1H3/t11-/m0/s1. The molecule has 0 aromatic rings. The molecule has 0 aromatic heterocycles. The Kier molecular flexibility index (Phi) is 7.31. The van der Waals surface area contributed by atoms with E-state index < -0.39 is 60.9 Å². The zero-order valence-corrected chi connectivity index (χ0v) is 16.4. The topological polar surface area (TPSA) is 76.2 Å². The van der Waals surface area contributed by atoms with E-state index in [0.29, 0.717) is 0 Å². The first kappa shape index (κ1) is 25.0. The van der Waals surface area contributed by atoms with Gasteiger partial charge in [-0.2, -0.15) is 26.3 Å². The number of rotatable bonds is 6. The van der Waals surface area contributed by atoms with Gasteiger partial charge in [-0.25, -0.2) is 14.0 Å². The molecule has 0 saturated carbocycles. The maximum Gasteiger partial charge on any atom is 0.431 e. The summed E-state index contributed by atoms with van der Waals surface area (Å²) < 4.78 is 99.1. The molecule has 178 valence electrons. The number of cyclic esters (lactones) is 1. The Morgan fingerprint density at radius 3 is 2.10 bits per heavy atom. The van der Waals surface area contributed by atoms with Crippen LogP contribution in [0.15, 0.2) is 0 Å². The number of halogens is 7. The molecule has 2 heterocycles. The molecule has 0 N–H and O–H groups in total. The molecule has 0 radical (unpaired) electrons.